The molecule has 0 heterocycles. The van der Waals surface area contributed by atoms with E-state index in [0.29, 0.717) is 17.5 Å². The number of carboxylic acids is 1. The van der Waals surface area contributed by atoms with Gasteiger partial charge in [-0.3, -0.25) is 0 Å². The van der Waals surface area contributed by atoms with Gasteiger partial charge in [0.2, 0.25) is 0 Å². The van der Waals surface area contributed by atoms with E-state index in [0.717, 1.165) is 0 Å². The molecular formula is C19H25NO2. The maximum Gasteiger partial charge on any atom is 0.335 e. The number of benzene rings is 2. The molecule has 2 atom stereocenters. The maximum absolute atomic E-state index is 10.2. The summed E-state index contributed by atoms with van der Waals surface area (Å²) in [6.45, 7) is 4.54. The van der Waals surface area contributed by atoms with Gasteiger partial charge in [0.05, 0.1) is 5.56 Å². The van der Waals surface area contributed by atoms with Gasteiger partial charge in [-0.05, 0) is 44.6 Å². The Morgan fingerprint density at radius 3 is 1.73 bits per heavy atom. The van der Waals surface area contributed by atoms with Crippen LogP contribution in [0, 0.1) is 0 Å². The van der Waals surface area contributed by atoms with Crippen molar-refractivity contribution >= 4 is 5.97 Å². The van der Waals surface area contributed by atoms with Crippen LogP contribution in [0.15, 0.2) is 60.7 Å². The van der Waals surface area contributed by atoms with Crippen LogP contribution in [0.25, 0.3) is 0 Å². The molecule has 0 bridgehead atoms. The van der Waals surface area contributed by atoms with Crippen molar-refractivity contribution in [1.82, 2.24) is 4.90 Å². The largest absolute Gasteiger partial charge is 0.478 e. The normalized spacial score (nSPS) is 13.0. The van der Waals surface area contributed by atoms with Crippen molar-refractivity contribution in [2.24, 2.45) is 0 Å². The first kappa shape index (κ1) is 17.9. The van der Waals surface area contributed by atoms with Crippen molar-refractivity contribution in [3.8, 4) is 0 Å². The van der Waals surface area contributed by atoms with Crippen LogP contribution in [0.5, 0.6) is 0 Å². The van der Waals surface area contributed by atoms with E-state index < -0.39 is 5.97 Å². The molecule has 0 aliphatic carbocycles. The summed E-state index contributed by atoms with van der Waals surface area (Å²) in [6, 6.07) is 19.6. The van der Waals surface area contributed by atoms with Gasteiger partial charge in [-0.15, -0.1) is 0 Å². The molecule has 2 aromatic carbocycles. The van der Waals surface area contributed by atoms with E-state index in [1.165, 1.54) is 5.56 Å². The third kappa shape index (κ3) is 5.70. The summed E-state index contributed by atoms with van der Waals surface area (Å²) in [4.78, 5) is 12.5. The fourth-order valence-corrected chi connectivity index (χ4v) is 2.06. The maximum atomic E-state index is 10.2. The summed E-state index contributed by atoms with van der Waals surface area (Å²) in [5, 5.41) is 8.38. The molecule has 0 radical (unpaired) electrons. The number of hydrogen-bond donors (Lipinski definition) is 1. The monoisotopic (exact) mass is 299 g/mol. The molecule has 0 fully saturated rings. The Morgan fingerprint density at radius 2 is 1.36 bits per heavy atom. The number of carbonyl (C=O) groups is 1. The summed E-state index contributed by atoms with van der Waals surface area (Å²) >= 11 is 0. The van der Waals surface area contributed by atoms with Crippen LogP contribution < -0.4 is 0 Å². The first-order chi connectivity index (χ1) is 10.4. The highest BCUT2D eigenvalue weighted by atomic mass is 16.4. The van der Waals surface area contributed by atoms with Gasteiger partial charge >= 0.3 is 5.97 Å². The Bertz CT molecular complexity index is 552. The van der Waals surface area contributed by atoms with Crippen LogP contribution in [0.4, 0.5) is 0 Å². The predicted octanol–water partition coefficient (Wildman–Crippen LogP) is 4.13. The van der Waals surface area contributed by atoms with Crippen molar-refractivity contribution in [1.29, 1.82) is 0 Å². The lowest BCUT2D eigenvalue weighted by Gasteiger charge is -2.26. The standard InChI is InChI=1S/C12H19N.C7H6O2/c1-10(11(2)13(3)4)12-8-6-5-7-9-12;8-7(9)6-4-2-1-3-5-6/h5-11H,1-4H3;1-5H,(H,8,9). The number of hydrogen-bond acceptors (Lipinski definition) is 2. The average molecular weight is 299 g/mol. The number of rotatable bonds is 4. The number of aromatic carboxylic acids is 1. The molecule has 0 saturated heterocycles. The molecule has 2 aromatic rings. The molecular weight excluding hydrogens is 274 g/mol. The molecule has 2 rings (SSSR count). The summed E-state index contributed by atoms with van der Waals surface area (Å²) in [7, 11) is 4.26. The van der Waals surface area contributed by atoms with Gasteiger partial charge in [0, 0.05) is 6.04 Å². The SMILES string of the molecule is CC(c1ccccc1)C(C)N(C)C.O=C(O)c1ccccc1. The second kappa shape index (κ2) is 9.00. The van der Waals surface area contributed by atoms with Crippen molar-refractivity contribution in [2.75, 3.05) is 14.1 Å². The van der Waals surface area contributed by atoms with Crippen LogP contribution in [-0.4, -0.2) is 36.1 Å². The minimum Gasteiger partial charge on any atom is -0.478 e. The second-order valence-electron chi connectivity index (χ2n) is 5.57. The van der Waals surface area contributed by atoms with E-state index in [1.807, 2.05) is 0 Å². The van der Waals surface area contributed by atoms with E-state index >= 15 is 0 Å². The fraction of sp³-hybridized carbons (Fsp3) is 0.316. The summed E-state index contributed by atoms with van der Waals surface area (Å²) in [5.74, 6) is -0.285. The van der Waals surface area contributed by atoms with E-state index in [1.54, 1.807) is 30.3 Å². The zero-order valence-corrected chi connectivity index (χ0v) is 13.7. The van der Waals surface area contributed by atoms with Crippen LogP contribution >= 0.6 is 0 Å². The minimum absolute atomic E-state index is 0.331. The quantitative estimate of drug-likeness (QED) is 0.923. The first-order valence-electron chi connectivity index (χ1n) is 7.43. The molecule has 0 aromatic heterocycles. The van der Waals surface area contributed by atoms with Gasteiger partial charge in [0.25, 0.3) is 0 Å². The van der Waals surface area contributed by atoms with Crippen molar-refractivity contribution < 1.29 is 9.90 Å². The van der Waals surface area contributed by atoms with Crippen LogP contribution in [0.2, 0.25) is 0 Å². The molecule has 3 heteroatoms. The van der Waals surface area contributed by atoms with Gasteiger partial charge in [0.15, 0.2) is 0 Å². The van der Waals surface area contributed by atoms with E-state index in [-0.39, 0.29) is 0 Å². The zero-order chi connectivity index (χ0) is 16.5. The average Bonchev–Trinajstić information content (AvgIpc) is 2.55. The highest BCUT2D eigenvalue weighted by Gasteiger charge is 2.15. The van der Waals surface area contributed by atoms with Gasteiger partial charge in [-0.2, -0.15) is 0 Å². The molecule has 2 unspecified atom stereocenters. The predicted molar refractivity (Wildman–Crippen MR) is 91.4 cm³/mol. The minimum atomic E-state index is -0.879. The summed E-state index contributed by atoms with van der Waals surface area (Å²) < 4.78 is 0. The van der Waals surface area contributed by atoms with Gasteiger partial charge in [0.1, 0.15) is 0 Å². The Kier molecular flexibility index (Phi) is 7.33. The number of likely N-dealkylation sites (N-methyl/N-ethyl adjacent to an activating group) is 1. The molecule has 0 aliphatic rings. The Morgan fingerprint density at radius 1 is 0.909 bits per heavy atom. The van der Waals surface area contributed by atoms with Gasteiger partial charge < -0.3 is 10.0 Å². The lowest BCUT2D eigenvalue weighted by molar-refractivity contribution is 0.0697. The zero-order valence-electron chi connectivity index (χ0n) is 13.7. The Hall–Kier alpha value is -2.13. The second-order valence-corrected chi connectivity index (χ2v) is 5.57. The molecule has 0 spiro atoms. The fourth-order valence-electron chi connectivity index (χ4n) is 2.06. The van der Waals surface area contributed by atoms with E-state index in [9.17, 15) is 4.79 Å². The highest BCUT2D eigenvalue weighted by molar-refractivity contribution is 5.87. The van der Waals surface area contributed by atoms with Crippen LogP contribution in [-0.2, 0) is 0 Å². The highest BCUT2D eigenvalue weighted by Crippen LogP contribution is 2.20. The Labute approximate surface area is 133 Å². The summed E-state index contributed by atoms with van der Waals surface area (Å²) in [6.07, 6.45) is 0. The lowest BCUT2D eigenvalue weighted by atomic mass is 9.94. The van der Waals surface area contributed by atoms with Crippen LogP contribution in [0.3, 0.4) is 0 Å². The molecule has 1 N–H and O–H groups in total. The van der Waals surface area contributed by atoms with Gasteiger partial charge in [-0.25, -0.2) is 4.79 Å². The van der Waals surface area contributed by atoms with Crippen LogP contribution in [0.1, 0.15) is 35.7 Å². The summed E-state index contributed by atoms with van der Waals surface area (Å²) in [5.41, 5.74) is 1.75. The van der Waals surface area contributed by atoms with Crippen molar-refractivity contribution in [3.05, 3.63) is 71.8 Å². The third-order valence-corrected chi connectivity index (χ3v) is 3.88. The first-order valence-corrected chi connectivity index (χ1v) is 7.43. The molecule has 0 saturated carbocycles. The topological polar surface area (TPSA) is 40.5 Å². The molecule has 118 valence electrons. The smallest absolute Gasteiger partial charge is 0.335 e. The molecule has 3 nitrogen and oxygen atoms in total. The van der Waals surface area contributed by atoms with Gasteiger partial charge in [-0.1, -0.05) is 55.5 Å². The number of carboxylic acid groups (broad SMARTS) is 1. The third-order valence-electron chi connectivity index (χ3n) is 3.88. The van der Waals surface area contributed by atoms with Crippen molar-refractivity contribution in [2.45, 2.75) is 25.8 Å². The molecule has 22 heavy (non-hydrogen) atoms. The lowest BCUT2D eigenvalue weighted by Crippen LogP contribution is -2.29. The number of nitrogens with zero attached hydrogens (tertiary/aromatic N) is 1. The molecule has 0 amide bonds. The Balaban J connectivity index is 0.000000235. The van der Waals surface area contributed by atoms with E-state index in [2.05, 4.69) is 63.2 Å². The van der Waals surface area contributed by atoms with E-state index in [4.69, 9.17) is 5.11 Å². The van der Waals surface area contributed by atoms with Crippen molar-refractivity contribution in [3.63, 3.8) is 0 Å². The molecule has 0 aliphatic heterocycles.